The molecule has 2 aliphatic heterocycles. The highest BCUT2D eigenvalue weighted by Gasteiger charge is 2.49. The summed E-state index contributed by atoms with van der Waals surface area (Å²) in [6, 6.07) is 29.8. The summed E-state index contributed by atoms with van der Waals surface area (Å²) < 4.78 is 37.0. The van der Waals surface area contributed by atoms with E-state index in [0.29, 0.717) is 33.0 Å². The van der Waals surface area contributed by atoms with Gasteiger partial charge in [-0.1, -0.05) is 91.0 Å². The van der Waals surface area contributed by atoms with E-state index >= 15 is 0 Å². The number of benzene rings is 3. The Balaban J connectivity index is 1.38. The lowest BCUT2D eigenvalue weighted by atomic mass is 9.98. The molecule has 0 saturated carbocycles. The summed E-state index contributed by atoms with van der Waals surface area (Å²) in [7, 11) is 0. The Morgan fingerprint density at radius 3 is 1.54 bits per heavy atom. The molecular formula is C30H34O7. The van der Waals surface area contributed by atoms with E-state index in [2.05, 4.69) is 0 Å². The summed E-state index contributed by atoms with van der Waals surface area (Å²) in [6.45, 7) is 1.88. The Labute approximate surface area is 217 Å². The van der Waals surface area contributed by atoms with Gasteiger partial charge in [-0.25, -0.2) is 0 Å². The monoisotopic (exact) mass is 506 g/mol. The molecule has 0 bridgehead atoms. The second-order valence-electron chi connectivity index (χ2n) is 9.30. The minimum absolute atomic E-state index is 0.0571. The number of ether oxygens (including phenoxy) is 6. The largest absolute Gasteiger partial charge is 0.394 e. The Morgan fingerprint density at radius 1 is 0.622 bits per heavy atom. The van der Waals surface area contributed by atoms with Crippen LogP contribution in [0, 0.1) is 0 Å². The van der Waals surface area contributed by atoms with E-state index in [1.165, 1.54) is 0 Å². The van der Waals surface area contributed by atoms with Gasteiger partial charge in [-0.15, -0.1) is 0 Å². The Kier molecular flexibility index (Phi) is 9.32. The molecule has 1 N–H and O–H groups in total. The first-order valence-electron chi connectivity index (χ1n) is 12.8. The Morgan fingerprint density at radius 2 is 1.08 bits per heavy atom. The first kappa shape index (κ1) is 26.0. The van der Waals surface area contributed by atoms with Crippen LogP contribution in [0.5, 0.6) is 0 Å². The zero-order valence-corrected chi connectivity index (χ0v) is 20.8. The Bertz CT molecular complexity index is 1050. The molecule has 0 spiro atoms. The molecule has 0 aromatic heterocycles. The number of aliphatic hydroxyl groups excluding tert-OH is 1. The molecule has 196 valence electrons. The molecule has 0 unspecified atom stereocenters. The highest BCUT2D eigenvalue weighted by molar-refractivity contribution is 5.15. The average molecular weight is 507 g/mol. The van der Waals surface area contributed by atoms with Gasteiger partial charge in [0.15, 0.2) is 6.29 Å². The number of hydrogen-bond acceptors (Lipinski definition) is 7. The van der Waals surface area contributed by atoms with Gasteiger partial charge in [0.05, 0.1) is 39.6 Å². The third-order valence-electron chi connectivity index (χ3n) is 6.48. The van der Waals surface area contributed by atoms with Crippen LogP contribution in [0.2, 0.25) is 0 Å². The van der Waals surface area contributed by atoms with Crippen LogP contribution in [0.3, 0.4) is 0 Å². The summed E-state index contributed by atoms with van der Waals surface area (Å²) in [4.78, 5) is 0. The van der Waals surface area contributed by atoms with Crippen LogP contribution >= 0.6 is 0 Å². The lowest BCUT2D eigenvalue weighted by molar-refractivity contribution is -0.327. The molecule has 2 fully saturated rings. The third kappa shape index (κ3) is 7.46. The van der Waals surface area contributed by atoms with Crippen molar-refractivity contribution in [1.82, 2.24) is 0 Å². The second kappa shape index (κ2) is 13.3. The van der Waals surface area contributed by atoms with Gasteiger partial charge < -0.3 is 33.5 Å². The van der Waals surface area contributed by atoms with Gasteiger partial charge in [-0.05, 0) is 16.7 Å². The molecule has 2 aliphatic rings. The van der Waals surface area contributed by atoms with Gasteiger partial charge in [0.25, 0.3) is 0 Å². The van der Waals surface area contributed by atoms with Crippen LogP contribution < -0.4 is 0 Å². The first-order valence-corrected chi connectivity index (χ1v) is 12.8. The molecule has 2 heterocycles. The summed E-state index contributed by atoms with van der Waals surface area (Å²) in [5, 5.41) is 10.3. The van der Waals surface area contributed by atoms with Crippen LogP contribution in [0.15, 0.2) is 91.0 Å². The van der Waals surface area contributed by atoms with Crippen molar-refractivity contribution < 1.29 is 33.5 Å². The average Bonchev–Trinajstić information content (AvgIpc) is 3.79. The molecular weight excluding hydrogens is 472 g/mol. The SMILES string of the molecule is OC[C@H]1O[C@H](OC[C@@H]2CO2)[C@H](OCc2ccccc2)[C@@H](OCc2ccccc2)[C@@H]1OCc1ccccc1. The number of rotatable bonds is 13. The van der Waals surface area contributed by atoms with Crippen molar-refractivity contribution in [2.45, 2.75) is 56.6 Å². The molecule has 0 radical (unpaired) electrons. The number of hydrogen-bond donors (Lipinski definition) is 1. The van der Waals surface area contributed by atoms with Crippen LogP contribution in [0.1, 0.15) is 16.7 Å². The zero-order valence-electron chi connectivity index (χ0n) is 20.8. The standard InChI is InChI=1S/C30H34O7/c31-16-26-27(33-17-22-10-4-1-5-11-22)28(34-18-23-12-6-2-7-13-23)29(30(37-26)36-21-25-20-32-25)35-19-24-14-8-3-9-15-24/h1-15,25-31H,16-21H2/t25-,26+,27+,28-,29+,30-/m0/s1. The van der Waals surface area contributed by atoms with Crippen molar-refractivity contribution in [2.75, 3.05) is 19.8 Å². The highest BCUT2D eigenvalue weighted by Crippen LogP contribution is 2.31. The van der Waals surface area contributed by atoms with Crippen LogP contribution in [-0.2, 0) is 48.2 Å². The predicted molar refractivity (Wildman–Crippen MR) is 136 cm³/mol. The maximum Gasteiger partial charge on any atom is 0.187 e. The zero-order chi connectivity index (χ0) is 25.3. The summed E-state index contributed by atoms with van der Waals surface area (Å²) in [5.74, 6) is 0. The van der Waals surface area contributed by atoms with Crippen molar-refractivity contribution >= 4 is 0 Å². The van der Waals surface area contributed by atoms with Crippen LogP contribution in [0.4, 0.5) is 0 Å². The molecule has 5 rings (SSSR count). The molecule has 0 aliphatic carbocycles. The van der Waals surface area contributed by atoms with E-state index in [4.69, 9.17) is 28.4 Å². The number of epoxide rings is 1. The predicted octanol–water partition coefficient (Wildman–Crippen LogP) is 3.88. The summed E-state index contributed by atoms with van der Waals surface area (Å²) in [6.07, 6.45) is -3.06. The molecule has 7 nitrogen and oxygen atoms in total. The summed E-state index contributed by atoms with van der Waals surface area (Å²) >= 11 is 0. The smallest absolute Gasteiger partial charge is 0.187 e. The highest BCUT2D eigenvalue weighted by atomic mass is 16.7. The van der Waals surface area contributed by atoms with Gasteiger partial charge in [-0.3, -0.25) is 0 Å². The Hall–Kier alpha value is -2.62. The van der Waals surface area contributed by atoms with Crippen molar-refractivity contribution in [2.24, 2.45) is 0 Å². The topological polar surface area (TPSA) is 78.9 Å². The maximum absolute atomic E-state index is 10.3. The van der Waals surface area contributed by atoms with Gasteiger partial charge in [0.1, 0.15) is 30.5 Å². The second-order valence-corrected chi connectivity index (χ2v) is 9.30. The number of aliphatic hydroxyl groups is 1. The van der Waals surface area contributed by atoms with Crippen molar-refractivity contribution in [3.8, 4) is 0 Å². The first-order chi connectivity index (χ1) is 18.3. The van der Waals surface area contributed by atoms with Crippen LogP contribution in [0.25, 0.3) is 0 Å². The minimum Gasteiger partial charge on any atom is -0.394 e. The van der Waals surface area contributed by atoms with E-state index in [1.807, 2.05) is 91.0 Å². The van der Waals surface area contributed by atoms with E-state index in [1.54, 1.807) is 0 Å². The van der Waals surface area contributed by atoms with E-state index in [-0.39, 0.29) is 12.7 Å². The fourth-order valence-electron chi connectivity index (χ4n) is 4.39. The van der Waals surface area contributed by atoms with Gasteiger partial charge in [0, 0.05) is 0 Å². The maximum atomic E-state index is 10.3. The molecule has 37 heavy (non-hydrogen) atoms. The molecule has 7 heteroatoms. The van der Waals surface area contributed by atoms with Crippen molar-refractivity contribution in [3.05, 3.63) is 108 Å². The summed E-state index contributed by atoms with van der Waals surface area (Å²) in [5.41, 5.74) is 3.08. The van der Waals surface area contributed by atoms with Gasteiger partial charge in [-0.2, -0.15) is 0 Å². The fraction of sp³-hybridized carbons (Fsp3) is 0.400. The minimum atomic E-state index is -0.748. The molecule has 3 aromatic carbocycles. The van der Waals surface area contributed by atoms with Crippen molar-refractivity contribution in [3.63, 3.8) is 0 Å². The van der Waals surface area contributed by atoms with Crippen LogP contribution in [-0.4, -0.2) is 61.7 Å². The van der Waals surface area contributed by atoms with E-state index in [0.717, 1.165) is 16.7 Å². The molecule has 0 amide bonds. The third-order valence-corrected chi connectivity index (χ3v) is 6.48. The quantitative estimate of drug-likeness (QED) is 0.353. The van der Waals surface area contributed by atoms with Gasteiger partial charge in [0.2, 0.25) is 0 Å². The molecule has 6 atom stereocenters. The van der Waals surface area contributed by atoms with E-state index < -0.39 is 30.7 Å². The lowest BCUT2D eigenvalue weighted by Gasteiger charge is -2.45. The fourth-order valence-corrected chi connectivity index (χ4v) is 4.39. The van der Waals surface area contributed by atoms with Gasteiger partial charge >= 0.3 is 0 Å². The van der Waals surface area contributed by atoms with Crippen molar-refractivity contribution in [1.29, 1.82) is 0 Å². The molecule has 3 aromatic rings. The van der Waals surface area contributed by atoms with E-state index in [9.17, 15) is 5.11 Å². The molecule has 2 saturated heterocycles. The normalized spacial score (nSPS) is 27.2. The lowest BCUT2D eigenvalue weighted by Crippen LogP contribution is -2.61.